The lowest BCUT2D eigenvalue weighted by atomic mass is 10.1. The molecule has 0 spiro atoms. The molecule has 0 unspecified atom stereocenters. The number of hydrogen-bond acceptors (Lipinski definition) is 4. The van der Waals surface area contributed by atoms with Crippen molar-refractivity contribution in [3.05, 3.63) is 102 Å². The molecule has 0 aliphatic rings. The van der Waals surface area contributed by atoms with Crippen LogP contribution in [0.4, 0.5) is 0 Å². The molecule has 31 heavy (non-hydrogen) atoms. The van der Waals surface area contributed by atoms with Gasteiger partial charge in [0.25, 0.3) is 5.91 Å². The molecule has 0 aliphatic heterocycles. The maximum Gasteiger partial charge on any atom is 0.251 e. The summed E-state index contributed by atoms with van der Waals surface area (Å²) in [6.07, 6.45) is 4.09. The first-order chi connectivity index (χ1) is 15.1. The zero-order chi connectivity index (χ0) is 21.6. The Labute approximate surface area is 181 Å². The summed E-state index contributed by atoms with van der Waals surface area (Å²) in [6, 6.07) is 21.0. The van der Waals surface area contributed by atoms with E-state index in [-0.39, 0.29) is 5.91 Å². The Hall–Kier alpha value is -3.93. The predicted molar refractivity (Wildman–Crippen MR) is 120 cm³/mol. The molecular weight excluding hydrogens is 388 g/mol. The molecule has 1 N–H and O–H groups in total. The maximum absolute atomic E-state index is 12.4. The Morgan fingerprint density at radius 3 is 2.42 bits per heavy atom. The minimum Gasteiger partial charge on any atom is -0.456 e. The zero-order valence-electron chi connectivity index (χ0n) is 17.6. The molecule has 0 radical (unpaired) electrons. The van der Waals surface area contributed by atoms with Crippen molar-refractivity contribution < 1.29 is 9.53 Å². The summed E-state index contributed by atoms with van der Waals surface area (Å²) in [5, 5.41) is 7.47. The summed E-state index contributed by atoms with van der Waals surface area (Å²) in [5.41, 5.74) is 4.89. The second-order valence-electron chi connectivity index (χ2n) is 7.33. The topological polar surface area (TPSA) is 69.0 Å². The molecule has 2 heterocycles. The highest BCUT2D eigenvalue weighted by atomic mass is 16.5. The molecule has 0 bridgehead atoms. The van der Waals surface area contributed by atoms with Crippen LogP contribution >= 0.6 is 0 Å². The van der Waals surface area contributed by atoms with E-state index in [1.54, 1.807) is 36.7 Å². The molecule has 1 amide bonds. The van der Waals surface area contributed by atoms with Gasteiger partial charge in [0.1, 0.15) is 11.5 Å². The lowest BCUT2D eigenvalue weighted by molar-refractivity contribution is 0.0954. The molecular formula is C25H24N4O2. The van der Waals surface area contributed by atoms with E-state index in [1.807, 2.05) is 30.7 Å². The van der Waals surface area contributed by atoms with Crippen molar-refractivity contribution >= 4 is 5.91 Å². The lowest BCUT2D eigenvalue weighted by Crippen LogP contribution is -2.25. The van der Waals surface area contributed by atoms with Gasteiger partial charge in [-0.05, 0) is 80.4 Å². The molecule has 2 aromatic heterocycles. The van der Waals surface area contributed by atoms with E-state index in [2.05, 4.69) is 45.7 Å². The molecule has 0 saturated heterocycles. The first kappa shape index (κ1) is 20.3. The van der Waals surface area contributed by atoms with Gasteiger partial charge in [0.05, 0.1) is 17.6 Å². The van der Waals surface area contributed by atoms with Gasteiger partial charge in [0, 0.05) is 24.0 Å². The van der Waals surface area contributed by atoms with Gasteiger partial charge in [-0.2, -0.15) is 5.10 Å². The number of aromatic nitrogens is 3. The van der Waals surface area contributed by atoms with Crippen molar-refractivity contribution in [2.45, 2.75) is 20.3 Å². The fraction of sp³-hybridized carbons (Fsp3) is 0.160. The van der Waals surface area contributed by atoms with E-state index < -0.39 is 0 Å². The fourth-order valence-electron chi connectivity index (χ4n) is 3.33. The zero-order valence-corrected chi connectivity index (χ0v) is 17.6. The third-order valence-corrected chi connectivity index (χ3v) is 4.88. The molecule has 0 atom stereocenters. The smallest absolute Gasteiger partial charge is 0.251 e. The Balaban J connectivity index is 1.28. The molecule has 0 aliphatic carbocycles. The molecule has 156 valence electrons. The average Bonchev–Trinajstić information content (AvgIpc) is 3.13. The number of carbonyl (C=O) groups is 1. The van der Waals surface area contributed by atoms with Crippen LogP contribution < -0.4 is 10.1 Å². The number of hydrogen-bond donors (Lipinski definition) is 1. The van der Waals surface area contributed by atoms with Gasteiger partial charge >= 0.3 is 0 Å². The standard InChI is InChI=1S/C25H24N4O2/c1-18-16-19(2)29(28-18)22-9-5-20(6-10-22)13-15-27-25(30)21-7-11-23(12-8-21)31-24-4-3-14-26-17-24/h3-12,14,16-17H,13,15H2,1-2H3,(H,27,30). The minimum absolute atomic E-state index is 0.104. The van der Waals surface area contributed by atoms with Gasteiger partial charge in [-0.1, -0.05) is 12.1 Å². The Morgan fingerprint density at radius 1 is 1.00 bits per heavy atom. The van der Waals surface area contributed by atoms with Crippen LogP contribution in [0.15, 0.2) is 79.1 Å². The number of aryl methyl sites for hydroxylation is 2. The summed E-state index contributed by atoms with van der Waals surface area (Å²) in [6.45, 7) is 4.59. The molecule has 6 nitrogen and oxygen atoms in total. The largest absolute Gasteiger partial charge is 0.456 e. The summed E-state index contributed by atoms with van der Waals surface area (Å²) >= 11 is 0. The van der Waals surface area contributed by atoms with Gasteiger partial charge in [-0.15, -0.1) is 0 Å². The highest BCUT2D eigenvalue weighted by Crippen LogP contribution is 2.20. The van der Waals surface area contributed by atoms with Crippen molar-refractivity contribution in [2.75, 3.05) is 6.54 Å². The monoisotopic (exact) mass is 412 g/mol. The number of amides is 1. The van der Waals surface area contributed by atoms with Gasteiger partial charge in [0.2, 0.25) is 0 Å². The van der Waals surface area contributed by atoms with E-state index in [0.717, 1.165) is 29.1 Å². The first-order valence-electron chi connectivity index (χ1n) is 10.2. The molecule has 4 aromatic rings. The van der Waals surface area contributed by atoms with Crippen LogP contribution in [-0.2, 0) is 6.42 Å². The van der Waals surface area contributed by atoms with Crippen molar-refractivity contribution in [2.24, 2.45) is 0 Å². The summed E-state index contributed by atoms with van der Waals surface area (Å²) < 4.78 is 7.64. The first-order valence-corrected chi connectivity index (χ1v) is 10.2. The van der Waals surface area contributed by atoms with Crippen LogP contribution in [0, 0.1) is 13.8 Å². The average molecular weight is 412 g/mol. The molecule has 0 saturated carbocycles. The lowest BCUT2D eigenvalue weighted by Gasteiger charge is -2.09. The second-order valence-corrected chi connectivity index (χ2v) is 7.33. The summed E-state index contributed by atoms with van der Waals surface area (Å²) in [7, 11) is 0. The molecule has 4 rings (SSSR count). The fourth-order valence-corrected chi connectivity index (χ4v) is 3.33. The quantitative estimate of drug-likeness (QED) is 0.480. The number of benzene rings is 2. The van der Waals surface area contributed by atoms with Crippen molar-refractivity contribution in [3.8, 4) is 17.2 Å². The summed E-state index contributed by atoms with van der Waals surface area (Å²) in [5.74, 6) is 1.21. The Kier molecular flexibility index (Phi) is 6.08. The van der Waals surface area contributed by atoms with E-state index >= 15 is 0 Å². The third-order valence-electron chi connectivity index (χ3n) is 4.88. The summed E-state index contributed by atoms with van der Waals surface area (Å²) in [4.78, 5) is 16.4. The van der Waals surface area contributed by atoms with Crippen LogP contribution in [0.5, 0.6) is 11.5 Å². The van der Waals surface area contributed by atoms with Gasteiger partial charge in [0.15, 0.2) is 0 Å². The van der Waals surface area contributed by atoms with Crippen molar-refractivity contribution in [3.63, 3.8) is 0 Å². The number of nitrogens with zero attached hydrogens (tertiary/aromatic N) is 3. The number of ether oxygens (including phenoxy) is 1. The molecule has 0 fully saturated rings. The Morgan fingerprint density at radius 2 is 1.77 bits per heavy atom. The van der Waals surface area contributed by atoms with Gasteiger partial charge in [-0.25, -0.2) is 4.68 Å². The number of nitrogens with one attached hydrogen (secondary N) is 1. The normalized spacial score (nSPS) is 10.6. The minimum atomic E-state index is -0.104. The number of carbonyl (C=O) groups excluding carboxylic acids is 1. The maximum atomic E-state index is 12.4. The van der Waals surface area contributed by atoms with E-state index in [9.17, 15) is 4.79 Å². The van der Waals surface area contributed by atoms with Crippen molar-refractivity contribution in [1.82, 2.24) is 20.1 Å². The van der Waals surface area contributed by atoms with E-state index in [1.165, 1.54) is 0 Å². The van der Waals surface area contributed by atoms with Crippen LogP contribution in [0.3, 0.4) is 0 Å². The van der Waals surface area contributed by atoms with Gasteiger partial charge < -0.3 is 10.1 Å². The number of pyridine rings is 1. The number of rotatable bonds is 7. The molecule has 6 heteroatoms. The van der Waals surface area contributed by atoms with E-state index in [0.29, 0.717) is 23.6 Å². The van der Waals surface area contributed by atoms with Crippen molar-refractivity contribution in [1.29, 1.82) is 0 Å². The van der Waals surface area contributed by atoms with Gasteiger partial charge in [-0.3, -0.25) is 9.78 Å². The SMILES string of the molecule is Cc1cc(C)n(-c2ccc(CCNC(=O)c3ccc(Oc4cccnc4)cc3)cc2)n1. The van der Waals surface area contributed by atoms with E-state index in [4.69, 9.17) is 4.74 Å². The Bertz CT molecular complexity index is 1150. The van der Waals surface area contributed by atoms with Crippen LogP contribution in [0.2, 0.25) is 0 Å². The highest BCUT2D eigenvalue weighted by molar-refractivity contribution is 5.94. The second kappa shape index (κ2) is 9.26. The molecule has 2 aromatic carbocycles. The highest BCUT2D eigenvalue weighted by Gasteiger charge is 2.07. The van der Waals surface area contributed by atoms with Crippen LogP contribution in [0.1, 0.15) is 27.3 Å². The van der Waals surface area contributed by atoms with Crippen LogP contribution in [0.25, 0.3) is 5.69 Å². The van der Waals surface area contributed by atoms with Crippen LogP contribution in [-0.4, -0.2) is 27.2 Å². The predicted octanol–water partition coefficient (Wildman–Crippen LogP) is 4.65. The third kappa shape index (κ3) is 5.17.